The molecule has 2 N–H and O–H groups in total. The van der Waals surface area contributed by atoms with Crippen LogP contribution in [0.3, 0.4) is 0 Å². The van der Waals surface area contributed by atoms with Crippen molar-refractivity contribution in [2.75, 3.05) is 26.3 Å². The number of rotatable bonds is 3. The Bertz CT molecular complexity index is 750. The van der Waals surface area contributed by atoms with E-state index in [2.05, 4.69) is 10.3 Å². The van der Waals surface area contributed by atoms with Crippen LogP contribution < -0.4 is 5.32 Å². The average Bonchev–Trinajstić information content (AvgIpc) is 3.09. The van der Waals surface area contributed by atoms with Gasteiger partial charge >= 0.3 is 0 Å². The molecule has 0 saturated carbocycles. The fraction of sp³-hybridized carbons (Fsp3) is 0.474. The minimum Gasteiger partial charge on any atom is -0.381 e. The lowest BCUT2D eigenvalue weighted by atomic mass is 9.86. The van der Waals surface area contributed by atoms with Crippen LogP contribution in [0.25, 0.3) is 10.9 Å². The number of nitrogens with one attached hydrogen (secondary N) is 2. The lowest BCUT2D eigenvalue weighted by Crippen LogP contribution is -2.54. The standard InChI is InChI=1S/C19H23N3O3/c23-18(22-8-3-5-14-12-25-9-7-17(14)22)11-20-19(24)16-10-13-4-1-2-6-15(13)21-16/h1-2,4,6,10,14,17,21H,3,5,7-9,11-12H2,(H,20,24)/t14-,17-/m1/s1. The van der Waals surface area contributed by atoms with Crippen LogP contribution in [0.4, 0.5) is 0 Å². The molecule has 2 amide bonds. The predicted octanol–water partition coefficient (Wildman–Crippen LogP) is 1.93. The maximum absolute atomic E-state index is 12.6. The molecule has 2 fully saturated rings. The summed E-state index contributed by atoms with van der Waals surface area (Å²) in [7, 11) is 0. The van der Waals surface area contributed by atoms with Crippen molar-refractivity contribution in [3.63, 3.8) is 0 Å². The van der Waals surface area contributed by atoms with E-state index >= 15 is 0 Å². The summed E-state index contributed by atoms with van der Waals surface area (Å²) < 4.78 is 5.54. The van der Waals surface area contributed by atoms with E-state index in [0.29, 0.717) is 18.2 Å². The van der Waals surface area contributed by atoms with Crippen molar-refractivity contribution in [3.05, 3.63) is 36.0 Å². The quantitative estimate of drug-likeness (QED) is 0.896. The first kappa shape index (κ1) is 16.1. The molecular weight excluding hydrogens is 318 g/mol. The highest BCUT2D eigenvalue weighted by Gasteiger charge is 2.36. The van der Waals surface area contributed by atoms with Crippen molar-refractivity contribution in [3.8, 4) is 0 Å². The molecule has 0 spiro atoms. The van der Waals surface area contributed by atoms with Gasteiger partial charge in [-0.1, -0.05) is 18.2 Å². The number of piperidine rings is 1. The molecule has 0 aliphatic carbocycles. The number of amides is 2. The van der Waals surface area contributed by atoms with Crippen LogP contribution in [0, 0.1) is 5.92 Å². The normalized spacial score (nSPS) is 23.3. The molecule has 2 saturated heterocycles. The number of nitrogens with zero attached hydrogens (tertiary/aromatic N) is 1. The van der Waals surface area contributed by atoms with Gasteiger partial charge in [0.05, 0.1) is 13.2 Å². The highest BCUT2D eigenvalue weighted by atomic mass is 16.5. The van der Waals surface area contributed by atoms with Gasteiger partial charge in [0, 0.05) is 36.0 Å². The molecule has 0 unspecified atom stereocenters. The number of aromatic nitrogens is 1. The number of hydrogen-bond acceptors (Lipinski definition) is 3. The van der Waals surface area contributed by atoms with Gasteiger partial charge in [-0.15, -0.1) is 0 Å². The monoisotopic (exact) mass is 341 g/mol. The van der Waals surface area contributed by atoms with Crippen molar-refractivity contribution < 1.29 is 14.3 Å². The van der Waals surface area contributed by atoms with Crippen LogP contribution in [0.15, 0.2) is 30.3 Å². The molecule has 6 nitrogen and oxygen atoms in total. The van der Waals surface area contributed by atoms with E-state index in [0.717, 1.165) is 43.3 Å². The average molecular weight is 341 g/mol. The minimum atomic E-state index is -0.245. The highest BCUT2D eigenvalue weighted by Crippen LogP contribution is 2.29. The zero-order valence-electron chi connectivity index (χ0n) is 14.2. The van der Waals surface area contributed by atoms with Crippen LogP contribution >= 0.6 is 0 Å². The third-order valence-corrected chi connectivity index (χ3v) is 5.30. The van der Waals surface area contributed by atoms with Crippen LogP contribution in [-0.2, 0) is 9.53 Å². The lowest BCUT2D eigenvalue weighted by molar-refractivity contribution is -0.139. The summed E-state index contributed by atoms with van der Waals surface area (Å²) in [5, 5.41) is 3.75. The second-order valence-corrected chi connectivity index (χ2v) is 6.87. The van der Waals surface area contributed by atoms with Crippen molar-refractivity contribution >= 4 is 22.7 Å². The van der Waals surface area contributed by atoms with E-state index in [9.17, 15) is 9.59 Å². The Labute approximate surface area is 146 Å². The van der Waals surface area contributed by atoms with Gasteiger partial charge in [-0.25, -0.2) is 0 Å². The number of benzene rings is 1. The van der Waals surface area contributed by atoms with Gasteiger partial charge in [-0.3, -0.25) is 9.59 Å². The van der Waals surface area contributed by atoms with Crippen molar-refractivity contribution in [1.29, 1.82) is 0 Å². The first-order valence-electron chi connectivity index (χ1n) is 8.95. The maximum atomic E-state index is 12.6. The van der Waals surface area contributed by atoms with Gasteiger partial charge in [-0.2, -0.15) is 0 Å². The molecule has 6 heteroatoms. The van der Waals surface area contributed by atoms with Crippen LogP contribution in [0.5, 0.6) is 0 Å². The molecule has 3 heterocycles. The maximum Gasteiger partial charge on any atom is 0.268 e. The number of H-pyrrole nitrogens is 1. The molecule has 4 rings (SSSR count). The van der Waals surface area contributed by atoms with Crippen LogP contribution in [-0.4, -0.2) is 54.0 Å². The molecule has 2 aromatic rings. The molecule has 2 aliphatic rings. The number of carbonyl (C=O) groups excluding carboxylic acids is 2. The van der Waals surface area contributed by atoms with Crippen molar-refractivity contribution in [2.24, 2.45) is 5.92 Å². The third kappa shape index (κ3) is 3.26. The van der Waals surface area contributed by atoms with Gasteiger partial charge in [0.25, 0.3) is 5.91 Å². The Morgan fingerprint density at radius 3 is 3.04 bits per heavy atom. The summed E-state index contributed by atoms with van der Waals surface area (Å²) >= 11 is 0. The molecule has 2 aliphatic heterocycles. The Balaban J connectivity index is 1.38. The molecule has 0 radical (unpaired) electrons. The molecule has 132 valence electrons. The fourth-order valence-corrected chi connectivity index (χ4v) is 4.02. The molecule has 25 heavy (non-hydrogen) atoms. The van der Waals surface area contributed by atoms with E-state index < -0.39 is 0 Å². The van der Waals surface area contributed by atoms with Gasteiger partial charge < -0.3 is 19.9 Å². The van der Waals surface area contributed by atoms with E-state index in [1.807, 2.05) is 35.2 Å². The Morgan fingerprint density at radius 1 is 1.28 bits per heavy atom. The van der Waals surface area contributed by atoms with E-state index in [1.54, 1.807) is 0 Å². The summed E-state index contributed by atoms with van der Waals surface area (Å²) in [5.74, 6) is 0.196. The smallest absolute Gasteiger partial charge is 0.268 e. The molecular formula is C19H23N3O3. The van der Waals surface area contributed by atoms with E-state index in [-0.39, 0.29) is 24.4 Å². The summed E-state index contributed by atoms with van der Waals surface area (Å²) in [6, 6.07) is 9.81. The topological polar surface area (TPSA) is 74.4 Å². The number of fused-ring (bicyclic) bond motifs is 2. The van der Waals surface area contributed by atoms with Crippen molar-refractivity contribution in [1.82, 2.24) is 15.2 Å². The van der Waals surface area contributed by atoms with Gasteiger partial charge in [0.15, 0.2) is 0 Å². The molecule has 0 bridgehead atoms. The highest BCUT2D eigenvalue weighted by molar-refractivity contribution is 5.99. The Kier molecular flexibility index (Phi) is 4.44. The minimum absolute atomic E-state index is 0.000983. The van der Waals surface area contributed by atoms with Crippen molar-refractivity contribution in [2.45, 2.75) is 25.3 Å². The van der Waals surface area contributed by atoms with Crippen LogP contribution in [0.2, 0.25) is 0 Å². The number of ether oxygens (including phenoxy) is 1. The summed E-state index contributed by atoms with van der Waals surface area (Å²) in [5.41, 5.74) is 1.40. The zero-order chi connectivity index (χ0) is 17.2. The Hall–Kier alpha value is -2.34. The number of para-hydroxylation sites is 1. The molecule has 2 atom stereocenters. The second-order valence-electron chi connectivity index (χ2n) is 6.87. The number of likely N-dealkylation sites (tertiary alicyclic amines) is 1. The number of aromatic amines is 1. The zero-order valence-corrected chi connectivity index (χ0v) is 14.2. The van der Waals surface area contributed by atoms with Gasteiger partial charge in [0.2, 0.25) is 5.91 Å². The van der Waals surface area contributed by atoms with E-state index in [1.165, 1.54) is 0 Å². The number of hydrogen-bond donors (Lipinski definition) is 2. The lowest BCUT2D eigenvalue weighted by Gasteiger charge is -2.43. The summed E-state index contributed by atoms with van der Waals surface area (Å²) in [6.07, 6.45) is 3.02. The molecule has 1 aromatic heterocycles. The first-order valence-corrected chi connectivity index (χ1v) is 8.95. The largest absolute Gasteiger partial charge is 0.381 e. The fourth-order valence-electron chi connectivity index (χ4n) is 4.02. The first-order chi connectivity index (χ1) is 12.2. The van der Waals surface area contributed by atoms with Crippen LogP contribution in [0.1, 0.15) is 29.8 Å². The second kappa shape index (κ2) is 6.88. The summed E-state index contributed by atoms with van der Waals surface area (Å²) in [4.78, 5) is 30.0. The predicted molar refractivity (Wildman–Crippen MR) is 94.3 cm³/mol. The SMILES string of the molecule is O=C(NCC(=O)N1CCC[C@@H]2COCC[C@H]21)c1cc2ccccc2[nH]1. The Morgan fingerprint density at radius 2 is 2.16 bits per heavy atom. The van der Waals surface area contributed by atoms with Gasteiger partial charge in [-0.05, 0) is 31.4 Å². The van der Waals surface area contributed by atoms with E-state index in [4.69, 9.17) is 4.74 Å². The summed E-state index contributed by atoms with van der Waals surface area (Å²) in [6.45, 7) is 2.28. The number of carbonyl (C=O) groups is 2. The third-order valence-electron chi connectivity index (χ3n) is 5.30. The van der Waals surface area contributed by atoms with Gasteiger partial charge in [0.1, 0.15) is 5.69 Å². The molecule has 1 aromatic carbocycles.